The largest absolute Gasteiger partial charge is 0.677 e. The van der Waals surface area contributed by atoms with E-state index < -0.39 is 6.17 Å². The number of halogens is 1. The Labute approximate surface area is 73.4 Å². The fourth-order valence-corrected chi connectivity index (χ4v) is 1.33. The molecule has 1 nitrogen and oxygen atoms in total. The van der Waals surface area contributed by atoms with Crippen molar-refractivity contribution in [3.05, 3.63) is 5.73 Å². The van der Waals surface area contributed by atoms with E-state index in [1.165, 1.54) is 0 Å². The predicted octanol–water partition coefficient (Wildman–Crippen LogP) is 2.56. The van der Waals surface area contributed by atoms with E-state index in [2.05, 4.69) is 0 Å². The van der Waals surface area contributed by atoms with Crippen molar-refractivity contribution in [2.24, 2.45) is 5.92 Å². The molecule has 3 heteroatoms. The summed E-state index contributed by atoms with van der Waals surface area (Å²) in [7, 11) is 0. The standard InChI is InChI=1S/C7H13FN.V/c8-7-3-1-6(5-9)2-4-7;/h6-7,9H,1-5H2;/q-1;. The first kappa shape index (κ1) is 10.5. The van der Waals surface area contributed by atoms with Gasteiger partial charge in [0.2, 0.25) is 0 Å². The van der Waals surface area contributed by atoms with Crippen LogP contribution in [0.2, 0.25) is 0 Å². The molecule has 1 aliphatic carbocycles. The van der Waals surface area contributed by atoms with Gasteiger partial charge in [-0.15, -0.1) is 6.54 Å². The van der Waals surface area contributed by atoms with Gasteiger partial charge in [-0.05, 0) is 25.7 Å². The maximum Gasteiger partial charge on any atom is 0.100 e. The van der Waals surface area contributed by atoms with Crippen LogP contribution in [0, 0.1) is 5.92 Å². The Morgan fingerprint density at radius 2 is 1.70 bits per heavy atom. The number of hydrogen-bond donors (Lipinski definition) is 0. The average molecular weight is 181 g/mol. The number of nitrogens with one attached hydrogen (secondary N) is 1. The summed E-state index contributed by atoms with van der Waals surface area (Å²) in [4.78, 5) is 0. The zero-order valence-electron chi connectivity index (χ0n) is 6.02. The van der Waals surface area contributed by atoms with Crippen molar-refractivity contribution in [1.29, 1.82) is 0 Å². The first-order valence-corrected chi connectivity index (χ1v) is 3.61. The van der Waals surface area contributed by atoms with Crippen LogP contribution < -0.4 is 0 Å². The monoisotopic (exact) mass is 181 g/mol. The third-order valence-electron chi connectivity index (χ3n) is 2.06. The van der Waals surface area contributed by atoms with Crippen molar-refractivity contribution in [3.63, 3.8) is 0 Å². The van der Waals surface area contributed by atoms with Gasteiger partial charge in [-0.25, -0.2) is 4.39 Å². The minimum atomic E-state index is -0.562. The van der Waals surface area contributed by atoms with Gasteiger partial charge >= 0.3 is 0 Å². The zero-order valence-corrected chi connectivity index (χ0v) is 7.41. The summed E-state index contributed by atoms with van der Waals surface area (Å²) in [5.41, 5.74) is 7.04. The molecule has 1 aliphatic rings. The Kier molecular flexibility index (Phi) is 5.41. The maximum atomic E-state index is 12.4. The van der Waals surface area contributed by atoms with E-state index >= 15 is 0 Å². The quantitative estimate of drug-likeness (QED) is 0.593. The van der Waals surface area contributed by atoms with Gasteiger partial charge in [-0.3, -0.25) is 0 Å². The van der Waals surface area contributed by atoms with E-state index in [-0.39, 0.29) is 18.6 Å². The van der Waals surface area contributed by atoms with Crippen molar-refractivity contribution in [3.8, 4) is 0 Å². The van der Waals surface area contributed by atoms with Crippen LogP contribution in [0.4, 0.5) is 4.39 Å². The van der Waals surface area contributed by atoms with Gasteiger partial charge in [0.05, 0.1) is 0 Å². The minimum absolute atomic E-state index is 0. The fourth-order valence-electron chi connectivity index (χ4n) is 1.33. The van der Waals surface area contributed by atoms with Gasteiger partial charge in [-0.2, -0.15) is 0 Å². The SMILES string of the molecule is [NH-]CC1CCC(F)CC1.[V]. The second-order valence-electron chi connectivity index (χ2n) is 2.82. The molecule has 0 bridgehead atoms. The molecule has 0 aromatic rings. The summed E-state index contributed by atoms with van der Waals surface area (Å²) in [6.45, 7) is 0.493. The average Bonchev–Trinajstić information content (AvgIpc) is 1.90. The van der Waals surface area contributed by atoms with Gasteiger partial charge in [0.1, 0.15) is 6.17 Å². The molecule has 0 aromatic heterocycles. The summed E-state index contributed by atoms with van der Waals surface area (Å²) in [5.74, 6) is 0.497. The van der Waals surface area contributed by atoms with Crippen LogP contribution in [-0.4, -0.2) is 12.7 Å². The maximum absolute atomic E-state index is 12.4. The van der Waals surface area contributed by atoms with E-state index in [4.69, 9.17) is 5.73 Å². The van der Waals surface area contributed by atoms with Crippen LogP contribution in [0.5, 0.6) is 0 Å². The molecule has 0 heterocycles. The molecular weight excluding hydrogens is 168 g/mol. The molecule has 0 aromatic carbocycles. The molecule has 59 valence electrons. The van der Waals surface area contributed by atoms with Crippen LogP contribution in [0.3, 0.4) is 0 Å². The van der Waals surface area contributed by atoms with Crippen LogP contribution in [0.15, 0.2) is 0 Å². The van der Waals surface area contributed by atoms with Crippen molar-refractivity contribution in [2.45, 2.75) is 31.9 Å². The Morgan fingerprint density at radius 1 is 1.20 bits per heavy atom. The smallest absolute Gasteiger partial charge is 0.100 e. The van der Waals surface area contributed by atoms with Gasteiger partial charge in [0.25, 0.3) is 0 Å². The second kappa shape index (κ2) is 5.17. The summed E-state index contributed by atoms with van der Waals surface area (Å²) in [6.07, 6.45) is 2.70. The van der Waals surface area contributed by atoms with E-state index in [9.17, 15) is 4.39 Å². The molecule has 1 N–H and O–H groups in total. The Balaban J connectivity index is 0.000000810. The molecule has 0 amide bonds. The third-order valence-corrected chi connectivity index (χ3v) is 2.06. The van der Waals surface area contributed by atoms with Gasteiger partial charge < -0.3 is 5.73 Å². The van der Waals surface area contributed by atoms with Crippen molar-refractivity contribution < 1.29 is 22.9 Å². The Hall–Kier alpha value is 0.474. The topological polar surface area (TPSA) is 23.8 Å². The van der Waals surface area contributed by atoms with Crippen molar-refractivity contribution in [2.75, 3.05) is 6.54 Å². The number of rotatable bonds is 1. The molecule has 1 fully saturated rings. The molecule has 0 atom stereocenters. The molecule has 0 aliphatic heterocycles. The minimum Gasteiger partial charge on any atom is -0.677 e. The Morgan fingerprint density at radius 3 is 2.10 bits per heavy atom. The van der Waals surface area contributed by atoms with Gasteiger partial charge in [-0.1, -0.05) is 5.92 Å². The van der Waals surface area contributed by atoms with Gasteiger partial charge in [0, 0.05) is 18.6 Å². The molecular formula is C7H13FNV-. The molecule has 1 saturated carbocycles. The second-order valence-corrected chi connectivity index (χ2v) is 2.82. The van der Waals surface area contributed by atoms with Crippen LogP contribution in [-0.2, 0) is 18.6 Å². The molecule has 0 unspecified atom stereocenters. The first-order valence-electron chi connectivity index (χ1n) is 3.61. The van der Waals surface area contributed by atoms with Crippen LogP contribution >= 0.6 is 0 Å². The molecule has 10 heavy (non-hydrogen) atoms. The van der Waals surface area contributed by atoms with Crippen molar-refractivity contribution >= 4 is 0 Å². The molecule has 1 radical (unpaired) electrons. The van der Waals surface area contributed by atoms with E-state index in [1.54, 1.807) is 0 Å². The summed E-state index contributed by atoms with van der Waals surface area (Å²) >= 11 is 0. The predicted molar refractivity (Wildman–Crippen MR) is 36.0 cm³/mol. The zero-order chi connectivity index (χ0) is 6.69. The van der Waals surface area contributed by atoms with E-state index in [0.29, 0.717) is 25.3 Å². The molecule has 0 saturated heterocycles. The summed E-state index contributed by atoms with van der Waals surface area (Å²) < 4.78 is 12.4. The molecule has 0 spiro atoms. The van der Waals surface area contributed by atoms with E-state index in [1.807, 2.05) is 0 Å². The number of alkyl halides is 1. The summed E-state index contributed by atoms with van der Waals surface area (Å²) in [5, 5.41) is 0. The van der Waals surface area contributed by atoms with Crippen LogP contribution in [0.25, 0.3) is 5.73 Å². The van der Waals surface area contributed by atoms with Gasteiger partial charge in [0.15, 0.2) is 0 Å². The molecule has 1 rings (SSSR count). The first-order chi connectivity index (χ1) is 4.33. The Bertz CT molecular complexity index is 81.7. The van der Waals surface area contributed by atoms with Crippen molar-refractivity contribution in [1.82, 2.24) is 0 Å². The normalized spacial score (nSPS) is 33.0. The van der Waals surface area contributed by atoms with Crippen LogP contribution in [0.1, 0.15) is 25.7 Å². The van der Waals surface area contributed by atoms with E-state index in [0.717, 1.165) is 12.8 Å². The number of hydrogen-bond acceptors (Lipinski definition) is 0. The third kappa shape index (κ3) is 3.04. The summed E-state index contributed by atoms with van der Waals surface area (Å²) in [6, 6.07) is 0. The fraction of sp³-hybridized carbons (Fsp3) is 1.00.